The minimum absolute atomic E-state index is 0.711. The first kappa shape index (κ1) is 12.9. The van der Waals surface area contributed by atoms with Crippen LogP contribution in [0, 0.1) is 0 Å². The van der Waals surface area contributed by atoms with Gasteiger partial charge in [-0.25, -0.2) is 4.98 Å². The normalized spacial score (nSPS) is 10.5. The summed E-state index contributed by atoms with van der Waals surface area (Å²) in [6, 6.07) is 5.77. The molecule has 1 N–H and O–H groups in total. The third kappa shape index (κ3) is 3.21. The number of rotatable bonds is 4. The highest BCUT2D eigenvalue weighted by atomic mass is 79.9. The van der Waals surface area contributed by atoms with Crippen molar-refractivity contribution in [1.82, 2.24) is 4.98 Å². The molecule has 90 valence electrons. The molecule has 1 aromatic carbocycles. The van der Waals surface area contributed by atoms with Crippen LogP contribution >= 0.6 is 38.9 Å². The molecule has 1 heterocycles. The van der Waals surface area contributed by atoms with Crippen molar-refractivity contribution in [2.24, 2.45) is 0 Å². The van der Waals surface area contributed by atoms with Crippen molar-refractivity contribution in [2.45, 2.75) is 19.9 Å². The van der Waals surface area contributed by atoms with Gasteiger partial charge in [-0.2, -0.15) is 0 Å². The van der Waals surface area contributed by atoms with E-state index in [1.165, 1.54) is 5.01 Å². The summed E-state index contributed by atoms with van der Waals surface area (Å²) in [5.74, 6) is 0. The van der Waals surface area contributed by atoms with Gasteiger partial charge in [0.25, 0.3) is 0 Å². The van der Waals surface area contributed by atoms with E-state index in [1.54, 1.807) is 11.3 Å². The highest BCUT2D eigenvalue weighted by Crippen LogP contribution is 2.30. The van der Waals surface area contributed by atoms with Gasteiger partial charge in [0.1, 0.15) is 0 Å². The van der Waals surface area contributed by atoms with Gasteiger partial charge in [-0.15, -0.1) is 11.3 Å². The minimum Gasteiger partial charge on any atom is -0.378 e. The standard InChI is InChI=1S/C12H12BrClN2S/c1-2-11-16-8(7-17-11)6-15-10-5-3-4-9(14)12(10)13/h3-5,7,15H,2,6H2,1H3. The Morgan fingerprint density at radius 3 is 3.00 bits per heavy atom. The van der Waals surface area contributed by atoms with Gasteiger partial charge in [0, 0.05) is 5.38 Å². The van der Waals surface area contributed by atoms with Crippen LogP contribution in [0.25, 0.3) is 0 Å². The van der Waals surface area contributed by atoms with E-state index in [-0.39, 0.29) is 0 Å². The lowest BCUT2D eigenvalue weighted by atomic mass is 10.3. The summed E-state index contributed by atoms with van der Waals surface area (Å²) in [6.45, 7) is 2.83. The number of benzene rings is 1. The molecule has 0 aliphatic rings. The fourth-order valence-corrected chi connectivity index (χ4v) is 2.74. The third-order valence-corrected chi connectivity index (χ3v) is 4.75. The summed E-state index contributed by atoms with van der Waals surface area (Å²) in [5, 5.41) is 7.29. The van der Waals surface area contributed by atoms with Crippen molar-refractivity contribution in [3.63, 3.8) is 0 Å². The summed E-state index contributed by atoms with van der Waals surface area (Å²) in [6.07, 6.45) is 0.992. The molecule has 2 nitrogen and oxygen atoms in total. The summed E-state index contributed by atoms with van der Waals surface area (Å²) >= 11 is 11.2. The van der Waals surface area contributed by atoms with Crippen molar-refractivity contribution in [3.05, 3.63) is 43.8 Å². The van der Waals surface area contributed by atoms with Gasteiger partial charge in [0.2, 0.25) is 0 Å². The maximum absolute atomic E-state index is 6.02. The fraction of sp³-hybridized carbons (Fsp3) is 0.250. The Balaban J connectivity index is 2.04. The SMILES string of the molecule is CCc1nc(CNc2cccc(Cl)c2Br)cs1. The second-order valence-electron chi connectivity index (χ2n) is 3.54. The monoisotopic (exact) mass is 330 g/mol. The molecule has 0 amide bonds. The van der Waals surface area contributed by atoms with Gasteiger partial charge >= 0.3 is 0 Å². The van der Waals surface area contributed by atoms with E-state index in [9.17, 15) is 0 Å². The Hall–Kier alpha value is -0.580. The predicted molar refractivity (Wildman–Crippen MR) is 78.0 cm³/mol. The Morgan fingerprint density at radius 2 is 2.29 bits per heavy atom. The Morgan fingerprint density at radius 1 is 1.47 bits per heavy atom. The number of nitrogens with one attached hydrogen (secondary N) is 1. The molecule has 0 spiro atoms. The second-order valence-corrected chi connectivity index (χ2v) is 5.68. The molecule has 0 unspecified atom stereocenters. The number of aromatic nitrogens is 1. The first-order valence-electron chi connectivity index (χ1n) is 5.32. The maximum atomic E-state index is 6.02. The molecule has 1 aromatic heterocycles. The van der Waals surface area contributed by atoms with Gasteiger partial charge in [0.05, 0.1) is 32.4 Å². The van der Waals surface area contributed by atoms with Crippen LogP contribution in [0.3, 0.4) is 0 Å². The van der Waals surface area contributed by atoms with E-state index in [1.807, 2.05) is 18.2 Å². The molecule has 0 bridgehead atoms. The van der Waals surface area contributed by atoms with Gasteiger partial charge in [-0.3, -0.25) is 0 Å². The van der Waals surface area contributed by atoms with Crippen LogP contribution in [0.4, 0.5) is 5.69 Å². The van der Waals surface area contributed by atoms with Crippen LogP contribution in [0.1, 0.15) is 17.6 Å². The van der Waals surface area contributed by atoms with Gasteiger partial charge in [-0.1, -0.05) is 24.6 Å². The molecule has 2 rings (SSSR count). The molecule has 17 heavy (non-hydrogen) atoms. The lowest BCUT2D eigenvalue weighted by Crippen LogP contribution is -2.00. The van der Waals surface area contributed by atoms with Crippen LogP contribution in [0.15, 0.2) is 28.1 Å². The molecule has 2 aromatic rings. The zero-order valence-electron chi connectivity index (χ0n) is 9.34. The average molecular weight is 332 g/mol. The summed E-state index contributed by atoms with van der Waals surface area (Å²) < 4.78 is 0.896. The molecule has 0 aliphatic carbocycles. The van der Waals surface area contributed by atoms with E-state index in [0.29, 0.717) is 5.02 Å². The molecule has 0 aliphatic heterocycles. The summed E-state index contributed by atoms with van der Waals surface area (Å²) in [7, 11) is 0. The van der Waals surface area contributed by atoms with E-state index < -0.39 is 0 Å². The number of halogens is 2. The zero-order valence-corrected chi connectivity index (χ0v) is 12.5. The van der Waals surface area contributed by atoms with E-state index in [0.717, 1.165) is 28.8 Å². The number of aryl methyl sites for hydroxylation is 1. The maximum Gasteiger partial charge on any atom is 0.0926 e. The Kier molecular flexibility index (Phi) is 4.42. The minimum atomic E-state index is 0.711. The summed E-state index contributed by atoms with van der Waals surface area (Å²) in [4.78, 5) is 4.50. The van der Waals surface area contributed by atoms with Gasteiger partial charge in [-0.05, 0) is 34.5 Å². The van der Waals surface area contributed by atoms with Gasteiger partial charge < -0.3 is 5.32 Å². The molecule has 0 atom stereocenters. The smallest absolute Gasteiger partial charge is 0.0926 e. The first-order chi connectivity index (χ1) is 8.20. The van der Waals surface area contributed by atoms with Crippen LogP contribution in [-0.2, 0) is 13.0 Å². The lowest BCUT2D eigenvalue weighted by Gasteiger charge is -2.07. The highest BCUT2D eigenvalue weighted by molar-refractivity contribution is 9.10. The van der Waals surface area contributed by atoms with Crippen LogP contribution < -0.4 is 5.32 Å². The zero-order chi connectivity index (χ0) is 12.3. The quantitative estimate of drug-likeness (QED) is 0.875. The molecule has 0 saturated heterocycles. The van der Waals surface area contributed by atoms with Crippen molar-refractivity contribution < 1.29 is 0 Å². The summed E-state index contributed by atoms with van der Waals surface area (Å²) in [5.41, 5.74) is 2.06. The Bertz CT molecular complexity index is 513. The average Bonchev–Trinajstić information content (AvgIpc) is 2.79. The van der Waals surface area contributed by atoms with Crippen molar-refractivity contribution in [3.8, 4) is 0 Å². The van der Waals surface area contributed by atoms with Crippen LogP contribution in [0.5, 0.6) is 0 Å². The molecule has 5 heteroatoms. The number of thiazole rings is 1. The van der Waals surface area contributed by atoms with Gasteiger partial charge in [0.15, 0.2) is 0 Å². The first-order valence-corrected chi connectivity index (χ1v) is 7.37. The second kappa shape index (κ2) is 5.85. The van der Waals surface area contributed by atoms with E-state index >= 15 is 0 Å². The largest absolute Gasteiger partial charge is 0.378 e. The topological polar surface area (TPSA) is 24.9 Å². The third-order valence-electron chi connectivity index (χ3n) is 2.31. The van der Waals surface area contributed by atoms with Crippen LogP contribution in [-0.4, -0.2) is 4.98 Å². The molecular weight excluding hydrogens is 320 g/mol. The molecule has 0 saturated carbocycles. The van der Waals surface area contributed by atoms with E-state index in [4.69, 9.17) is 11.6 Å². The van der Waals surface area contributed by atoms with Crippen LogP contribution in [0.2, 0.25) is 5.02 Å². The van der Waals surface area contributed by atoms with Crippen molar-refractivity contribution >= 4 is 44.6 Å². The number of hydrogen-bond donors (Lipinski definition) is 1. The molecular formula is C12H12BrClN2S. The van der Waals surface area contributed by atoms with Crippen molar-refractivity contribution in [1.29, 1.82) is 0 Å². The lowest BCUT2D eigenvalue weighted by molar-refractivity contribution is 1.01. The molecule has 0 fully saturated rings. The van der Waals surface area contributed by atoms with Crippen molar-refractivity contribution in [2.75, 3.05) is 5.32 Å². The van der Waals surface area contributed by atoms with E-state index in [2.05, 4.69) is 38.5 Å². The number of nitrogens with zero attached hydrogens (tertiary/aromatic N) is 1. The molecule has 0 radical (unpaired) electrons. The number of hydrogen-bond acceptors (Lipinski definition) is 3. The highest BCUT2D eigenvalue weighted by Gasteiger charge is 2.04. The fourth-order valence-electron chi connectivity index (χ4n) is 1.42. The Labute approximate surface area is 118 Å². The predicted octanol–water partition coefficient (Wildman–Crippen LogP) is 4.73. The number of anilines is 1.